The van der Waals surface area contributed by atoms with Crippen molar-refractivity contribution in [2.75, 3.05) is 7.11 Å². The maximum absolute atomic E-state index is 11.2. The van der Waals surface area contributed by atoms with E-state index in [-0.39, 0.29) is 5.97 Å². The molecule has 0 spiro atoms. The quantitative estimate of drug-likeness (QED) is 0.133. The predicted octanol–water partition coefficient (Wildman–Crippen LogP) is 7.95. The van der Waals surface area contributed by atoms with Crippen molar-refractivity contribution in [2.24, 2.45) is 0 Å². The van der Waals surface area contributed by atoms with Crippen LogP contribution in [0.4, 0.5) is 0 Å². The molecule has 5 nitrogen and oxygen atoms in total. The van der Waals surface area contributed by atoms with E-state index in [1.807, 2.05) is 13.0 Å². The van der Waals surface area contributed by atoms with Gasteiger partial charge in [0.05, 0.1) is 7.11 Å². The Labute approximate surface area is 228 Å². The minimum Gasteiger partial charge on any atom is -0.496 e. The molecule has 0 aromatic heterocycles. The first-order chi connectivity index (χ1) is 17.1. The summed E-state index contributed by atoms with van der Waals surface area (Å²) in [5.74, 6) is 1.31. The monoisotopic (exact) mass is 560 g/mol. The van der Waals surface area contributed by atoms with Gasteiger partial charge >= 0.3 is 14.5 Å². The largest absolute Gasteiger partial charge is 0.496 e. The molecule has 8 heteroatoms. The number of carbonyl (C=O) groups is 1. The van der Waals surface area contributed by atoms with Crippen molar-refractivity contribution in [1.29, 1.82) is 0 Å². The van der Waals surface area contributed by atoms with Crippen LogP contribution < -0.4 is 9.47 Å². The molecule has 0 bridgehead atoms. The van der Waals surface area contributed by atoms with Crippen LogP contribution in [0.3, 0.4) is 0 Å². The van der Waals surface area contributed by atoms with Gasteiger partial charge in [0.2, 0.25) is 0 Å². The lowest BCUT2D eigenvalue weighted by Crippen LogP contribution is -2.52. The molecule has 0 saturated carbocycles. The van der Waals surface area contributed by atoms with Gasteiger partial charge < -0.3 is 17.7 Å². The van der Waals surface area contributed by atoms with Crippen LogP contribution in [-0.2, 0) is 25.9 Å². The Bertz CT molecular complexity index is 1050. The number of rotatable bonds is 14. The summed E-state index contributed by atoms with van der Waals surface area (Å²) in [6, 6.07) is 14.8. The molecule has 0 aliphatic heterocycles. The van der Waals surface area contributed by atoms with Crippen molar-refractivity contribution in [1.82, 2.24) is 0 Å². The highest BCUT2D eigenvalue weighted by Gasteiger charge is 2.39. The Morgan fingerprint density at radius 1 is 0.730 bits per heavy atom. The van der Waals surface area contributed by atoms with Crippen molar-refractivity contribution in [2.45, 2.75) is 97.8 Å². The standard InChI is InChI=1S/C29H48O5Si3/c1-23-21-26(15-17-28(23)31-4)13-11-19-35(5,6)33-37(9,10)34-36(7,8)20-12-14-27-16-18-29(24(2)22-27)32-25(3)30/h15-18,21-22H,11-14,19-20H2,1-10H3. The zero-order valence-electron chi connectivity index (χ0n) is 24.7. The van der Waals surface area contributed by atoms with E-state index < -0.39 is 25.2 Å². The molecule has 0 amide bonds. The van der Waals surface area contributed by atoms with Gasteiger partial charge in [-0.2, -0.15) is 0 Å². The number of methoxy groups -OCH3 is 1. The van der Waals surface area contributed by atoms with Gasteiger partial charge in [0, 0.05) is 6.92 Å². The summed E-state index contributed by atoms with van der Waals surface area (Å²) >= 11 is 0. The minimum absolute atomic E-state index is 0.284. The summed E-state index contributed by atoms with van der Waals surface area (Å²) in [5.41, 5.74) is 4.82. The highest BCUT2D eigenvalue weighted by Crippen LogP contribution is 2.28. The topological polar surface area (TPSA) is 54.0 Å². The van der Waals surface area contributed by atoms with E-state index >= 15 is 0 Å². The third kappa shape index (κ3) is 11.3. The summed E-state index contributed by atoms with van der Waals surface area (Å²) in [4.78, 5) is 11.2. The fraction of sp³-hybridized carbons (Fsp3) is 0.552. The van der Waals surface area contributed by atoms with E-state index in [0.29, 0.717) is 5.75 Å². The molecule has 0 fully saturated rings. The van der Waals surface area contributed by atoms with Crippen molar-refractivity contribution < 1.29 is 22.5 Å². The van der Waals surface area contributed by atoms with Crippen LogP contribution >= 0.6 is 0 Å². The van der Waals surface area contributed by atoms with Gasteiger partial charge in [-0.3, -0.25) is 4.79 Å². The summed E-state index contributed by atoms with van der Waals surface area (Å²) in [6.07, 6.45) is 4.27. The lowest BCUT2D eigenvalue weighted by Gasteiger charge is -2.39. The Morgan fingerprint density at radius 3 is 1.54 bits per heavy atom. The molecule has 0 aliphatic rings. The number of hydrogen-bond acceptors (Lipinski definition) is 5. The highest BCUT2D eigenvalue weighted by atomic mass is 28.5. The van der Waals surface area contributed by atoms with Crippen LogP contribution in [-0.4, -0.2) is 38.3 Å². The SMILES string of the molecule is COc1ccc(CCC[Si](C)(C)O[Si](C)(C)O[Si](C)(C)CCCc2ccc(OC(C)=O)c(C)c2)cc1C. The average molecular weight is 561 g/mol. The molecule has 0 heterocycles. The first-order valence-electron chi connectivity index (χ1n) is 13.4. The number of benzene rings is 2. The summed E-state index contributed by atoms with van der Waals surface area (Å²) in [6.45, 7) is 19.3. The lowest BCUT2D eigenvalue weighted by atomic mass is 10.1. The van der Waals surface area contributed by atoms with Crippen LogP contribution in [0.15, 0.2) is 36.4 Å². The molecule has 0 saturated heterocycles. The normalized spacial score (nSPS) is 12.5. The maximum atomic E-state index is 11.2. The number of hydrogen-bond donors (Lipinski definition) is 0. The summed E-state index contributed by atoms with van der Waals surface area (Å²) in [5, 5.41) is 0. The number of esters is 1. The Kier molecular flexibility index (Phi) is 11.4. The molecular formula is C29H48O5Si3. The Balaban J connectivity index is 1.83. The highest BCUT2D eigenvalue weighted by molar-refractivity contribution is 6.87. The molecular weight excluding hydrogens is 513 g/mol. The first-order valence-corrected chi connectivity index (χ1v) is 22.5. The van der Waals surface area contributed by atoms with E-state index in [9.17, 15) is 4.79 Å². The fourth-order valence-electron chi connectivity index (χ4n) is 5.12. The summed E-state index contributed by atoms with van der Waals surface area (Å²) < 4.78 is 24.3. The van der Waals surface area contributed by atoms with E-state index in [2.05, 4.69) is 76.5 Å². The average Bonchev–Trinajstić information content (AvgIpc) is 2.73. The number of carbonyl (C=O) groups excluding carboxylic acids is 1. The molecule has 0 atom stereocenters. The number of ether oxygens (including phenoxy) is 2. The van der Waals surface area contributed by atoms with E-state index in [1.165, 1.54) is 23.6 Å². The Morgan fingerprint density at radius 2 is 1.16 bits per heavy atom. The van der Waals surface area contributed by atoms with E-state index in [4.69, 9.17) is 17.7 Å². The zero-order chi connectivity index (χ0) is 27.9. The second kappa shape index (κ2) is 13.4. The lowest BCUT2D eigenvalue weighted by molar-refractivity contribution is -0.131. The molecule has 0 radical (unpaired) electrons. The smallest absolute Gasteiger partial charge is 0.311 e. The van der Waals surface area contributed by atoms with Crippen LogP contribution in [0, 0.1) is 13.8 Å². The second-order valence-corrected chi connectivity index (χ2v) is 24.3. The maximum Gasteiger partial charge on any atom is 0.311 e. The van der Waals surface area contributed by atoms with Crippen LogP contribution in [0.25, 0.3) is 0 Å². The van der Waals surface area contributed by atoms with Crippen molar-refractivity contribution in [3.05, 3.63) is 58.7 Å². The van der Waals surface area contributed by atoms with E-state index in [1.54, 1.807) is 7.11 Å². The molecule has 0 N–H and O–H groups in total. The van der Waals surface area contributed by atoms with E-state index in [0.717, 1.165) is 49.1 Å². The molecule has 206 valence electrons. The van der Waals surface area contributed by atoms with Crippen LogP contribution in [0.5, 0.6) is 11.5 Å². The van der Waals surface area contributed by atoms with Gasteiger partial charge in [-0.25, -0.2) is 0 Å². The molecule has 0 unspecified atom stereocenters. The van der Waals surface area contributed by atoms with Crippen molar-refractivity contribution in [3.63, 3.8) is 0 Å². The molecule has 37 heavy (non-hydrogen) atoms. The molecule has 0 aliphatic carbocycles. The molecule has 2 aromatic carbocycles. The zero-order valence-corrected chi connectivity index (χ0v) is 27.7. The van der Waals surface area contributed by atoms with Gasteiger partial charge in [-0.15, -0.1) is 0 Å². The molecule has 2 rings (SSSR count). The van der Waals surface area contributed by atoms with Crippen molar-refractivity contribution >= 4 is 31.2 Å². The fourth-order valence-corrected chi connectivity index (χ4v) is 19.2. The van der Waals surface area contributed by atoms with Gasteiger partial charge in [-0.05, 0) is 125 Å². The van der Waals surface area contributed by atoms with Gasteiger partial charge in [0.1, 0.15) is 11.5 Å². The van der Waals surface area contributed by atoms with Gasteiger partial charge in [0.25, 0.3) is 0 Å². The third-order valence-corrected chi connectivity index (χ3v) is 18.0. The second-order valence-electron chi connectivity index (χ2n) is 11.8. The third-order valence-electron chi connectivity index (χ3n) is 6.49. The predicted molar refractivity (Wildman–Crippen MR) is 161 cm³/mol. The van der Waals surface area contributed by atoms with Crippen LogP contribution in [0.1, 0.15) is 42.0 Å². The summed E-state index contributed by atoms with van der Waals surface area (Å²) in [7, 11) is -4.20. The molecule has 2 aromatic rings. The first kappa shape index (κ1) is 31.5. The number of aryl methyl sites for hydroxylation is 4. The van der Waals surface area contributed by atoms with Gasteiger partial charge in [0.15, 0.2) is 16.6 Å². The Hall–Kier alpha value is -1.72. The minimum atomic E-state index is -2.23. The van der Waals surface area contributed by atoms with Gasteiger partial charge in [-0.1, -0.05) is 24.3 Å². The van der Waals surface area contributed by atoms with Crippen LogP contribution in [0.2, 0.25) is 51.4 Å². The van der Waals surface area contributed by atoms with Crippen molar-refractivity contribution in [3.8, 4) is 11.5 Å².